The van der Waals surface area contributed by atoms with Crippen LogP contribution < -0.4 is 25.4 Å². The third-order valence-corrected chi connectivity index (χ3v) is 7.47. The summed E-state index contributed by atoms with van der Waals surface area (Å²) < 4.78 is 25.1. The molecule has 4 atom stereocenters. The molecule has 0 saturated carbocycles. The number of ether oxygens (including phenoxy) is 2. The molecular formula is C24H28FN5O5S. The molecule has 0 aliphatic carbocycles. The van der Waals surface area contributed by atoms with Crippen molar-refractivity contribution in [2.45, 2.75) is 17.7 Å². The first-order chi connectivity index (χ1) is 17.2. The lowest BCUT2D eigenvalue weighted by Crippen LogP contribution is -2.72. The van der Waals surface area contributed by atoms with Gasteiger partial charge in [0, 0.05) is 25.7 Å². The zero-order chi connectivity index (χ0) is 26.0. The number of nitrogens with one attached hydrogen (secondary N) is 3. The lowest BCUT2D eigenvalue weighted by atomic mass is 9.96. The molecule has 2 aliphatic rings. The number of urea groups is 1. The van der Waals surface area contributed by atoms with E-state index >= 15 is 0 Å². The molecule has 0 spiro atoms. The number of carbonyl (C=O) groups is 3. The molecule has 10 nitrogen and oxygen atoms in total. The van der Waals surface area contributed by atoms with E-state index in [2.05, 4.69) is 16.0 Å². The Kier molecular flexibility index (Phi) is 7.67. The van der Waals surface area contributed by atoms with Crippen molar-refractivity contribution in [1.82, 2.24) is 20.4 Å². The van der Waals surface area contributed by atoms with Crippen LogP contribution in [-0.4, -0.2) is 73.3 Å². The molecule has 3 N–H and O–H groups in total. The molecule has 0 bridgehead atoms. The standard InChI is InChI=1S/C24H28FN5O5S/c1-29-21-19(23(32)30(2)24(29)33)22(28-20(27-21)14-7-5-6-8-15(14)25)36-12-18(31)26-16-10-9-13(34-3)11-17(16)35-4/h5-11,19-22,27-28H,12H2,1-4H3,(H,26,31). The van der Waals surface area contributed by atoms with Crippen molar-refractivity contribution in [3.63, 3.8) is 0 Å². The van der Waals surface area contributed by atoms with Gasteiger partial charge in [0.15, 0.2) is 0 Å². The van der Waals surface area contributed by atoms with Crippen molar-refractivity contribution in [3.8, 4) is 11.5 Å². The average molecular weight is 518 g/mol. The highest BCUT2D eigenvalue weighted by Gasteiger charge is 2.51. The summed E-state index contributed by atoms with van der Waals surface area (Å²) in [5.74, 6) is -0.808. The molecule has 4 unspecified atom stereocenters. The Morgan fingerprint density at radius 3 is 2.56 bits per heavy atom. The number of halogens is 1. The monoisotopic (exact) mass is 517 g/mol. The van der Waals surface area contributed by atoms with Crippen LogP contribution in [0, 0.1) is 11.7 Å². The molecule has 0 aromatic heterocycles. The first kappa shape index (κ1) is 25.7. The summed E-state index contributed by atoms with van der Waals surface area (Å²) in [6.45, 7) is 0. The van der Waals surface area contributed by atoms with Crippen LogP contribution in [0.1, 0.15) is 11.7 Å². The molecule has 2 saturated heterocycles. The summed E-state index contributed by atoms with van der Waals surface area (Å²) in [6.07, 6.45) is -1.37. The molecule has 4 amide bonds. The molecule has 12 heteroatoms. The van der Waals surface area contributed by atoms with Gasteiger partial charge in [-0.3, -0.25) is 25.1 Å². The number of rotatable bonds is 7. The SMILES string of the molecule is COc1ccc(NC(=O)CSC2NC(c3ccccc3F)NC3C2C(=O)N(C)C(=O)N3C)c(OC)c1. The first-order valence-corrected chi connectivity index (χ1v) is 12.2. The molecule has 2 aromatic carbocycles. The lowest BCUT2D eigenvalue weighted by molar-refractivity contribution is -0.140. The van der Waals surface area contributed by atoms with E-state index in [9.17, 15) is 18.8 Å². The molecule has 0 radical (unpaired) electrons. The van der Waals surface area contributed by atoms with E-state index in [0.29, 0.717) is 22.7 Å². The zero-order valence-corrected chi connectivity index (χ0v) is 21.1. The maximum atomic E-state index is 14.6. The van der Waals surface area contributed by atoms with Crippen molar-refractivity contribution < 1.29 is 28.2 Å². The number of hydrogen-bond acceptors (Lipinski definition) is 8. The second kappa shape index (κ2) is 10.7. The number of benzene rings is 2. The molecule has 2 fully saturated rings. The minimum Gasteiger partial charge on any atom is -0.497 e. The predicted molar refractivity (Wildman–Crippen MR) is 133 cm³/mol. The Morgan fingerprint density at radius 1 is 1.11 bits per heavy atom. The van der Waals surface area contributed by atoms with Gasteiger partial charge in [-0.15, -0.1) is 11.8 Å². The summed E-state index contributed by atoms with van der Waals surface area (Å²) in [6, 6.07) is 10.8. The molecule has 192 valence electrons. The Hall–Kier alpha value is -3.35. The van der Waals surface area contributed by atoms with Gasteiger partial charge >= 0.3 is 6.03 Å². The molecule has 2 aliphatic heterocycles. The Balaban J connectivity index is 1.54. The maximum absolute atomic E-state index is 14.6. The summed E-state index contributed by atoms with van der Waals surface area (Å²) in [7, 11) is 6.03. The van der Waals surface area contributed by atoms with Gasteiger partial charge in [0.2, 0.25) is 11.8 Å². The van der Waals surface area contributed by atoms with E-state index in [1.807, 2.05) is 0 Å². The fourth-order valence-corrected chi connectivity index (χ4v) is 5.45. The van der Waals surface area contributed by atoms with Crippen LogP contribution in [0.4, 0.5) is 14.9 Å². The third-order valence-electron chi connectivity index (χ3n) is 6.25. The lowest BCUT2D eigenvalue weighted by Gasteiger charge is -2.50. The molecule has 2 heterocycles. The Labute approximate surface area is 212 Å². The quantitative estimate of drug-likeness (QED) is 0.513. The Bertz CT molecular complexity index is 1170. The number of anilines is 1. The first-order valence-electron chi connectivity index (χ1n) is 11.2. The van der Waals surface area contributed by atoms with Gasteiger partial charge in [-0.2, -0.15) is 0 Å². The number of nitrogens with zero attached hydrogens (tertiary/aromatic N) is 2. The number of amides is 4. The summed E-state index contributed by atoms with van der Waals surface area (Å²) in [5.41, 5.74) is 0.823. The summed E-state index contributed by atoms with van der Waals surface area (Å²) in [5, 5.41) is 8.67. The zero-order valence-electron chi connectivity index (χ0n) is 20.3. The Morgan fingerprint density at radius 2 is 1.86 bits per heavy atom. The highest BCUT2D eigenvalue weighted by Crippen LogP contribution is 2.35. The van der Waals surface area contributed by atoms with Gasteiger partial charge in [0.1, 0.15) is 17.3 Å². The fourth-order valence-electron chi connectivity index (χ4n) is 4.34. The normalized spacial score (nSPS) is 23.8. The van der Waals surface area contributed by atoms with Gasteiger partial charge in [-0.25, -0.2) is 9.18 Å². The number of carbonyl (C=O) groups excluding carboxylic acids is 3. The van der Waals surface area contributed by atoms with Gasteiger partial charge in [0.25, 0.3) is 0 Å². The molecule has 36 heavy (non-hydrogen) atoms. The maximum Gasteiger partial charge on any atom is 0.327 e. The van der Waals surface area contributed by atoms with Crippen LogP contribution in [0.25, 0.3) is 0 Å². The van der Waals surface area contributed by atoms with Crippen molar-refractivity contribution in [3.05, 3.63) is 53.8 Å². The van der Waals surface area contributed by atoms with E-state index in [-0.39, 0.29) is 17.6 Å². The third kappa shape index (κ3) is 4.97. The second-order valence-corrected chi connectivity index (χ2v) is 9.53. The van der Waals surface area contributed by atoms with Crippen LogP contribution in [0.15, 0.2) is 42.5 Å². The number of methoxy groups -OCH3 is 2. The van der Waals surface area contributed by atoms with Crippen LogP contribution in [0.2, 0.25) is 0 Å². The highest BCUT2D eigenvalue weighted by molar-refractivity contribution is 8.00. The number of hydrogen-bond donors (Lipinski definition) is 3. The molecule has 4 rings (SSSR count). The van der Waals surface area contributed by atoms with Gasteiger partial charge < -0.3 is 19.7 Å². The number of thioether (sulfide) groups is 1. The summed E-state index contributed by atoms with van der Waals surface area (Å²) >= 11 is 1.21. The fraction of sp³-hybridized carbons (Fsp3) is 0.375. The van der Waals surface area contributed by atoms with E-state index < -0.39 is 35.5 Å². The largest absolute Gasteiger partial charge is 0.497 e. The van der Waals surface area contributed by atoms with E-state index in [0.717, 1.165) is 4.90 Å². The highest BCUT2D eigenvalue weighted by atomic mass is 32.2. The average Bonchev–Trinajstić information content (AvgIpc) is 2.89. The smallest absolute Gasteiger partial charge is 0.327 e. The number of imide groups is 1. The van der Waals surface area contributed by atoms with Gasteiger partial charge in [0.05, 0.1) is 49.3 Å². The topological polar surface area (TPSA) is 112 Å². The van der Waals surface area contributed by atoms with Crippen molar-refractivity contribution in [1.29, 1.82) is 0 Å². The van der Waals surface area contributed by atoms with Crippen molar-refractivity contribution in [2.75, 3.05) is 39.4 Å². The second-order valence-electron chi connectivity index (χ2n) is 8.40. The van der Waals surface area contributed by atoms with E-state index in [1.165, 1.54) is 44.0 Å². The van der Waals surface area contributed by atoms with E-state index in [1.54, 1.807) is 43.4 Å². The van der Waals surface area contributed by atoms with Gasteiger partial charge in [-0.1, -0.05) is 18.2 Å². The number of fused-ring (bicyclic) bond motifs is 1. The van der Waals surface area contributed by atoms with Gasteiger partial charge in [-0.05, 0) is 18.2 Å². The van der Waals surface area contributed by atoms with Crippen LogP contribution in [0.5, 0.6) is 11.5 Å². The van der Waals surface area contributed by atoms with Crippen molar-refractivity contribution >= 4 is 35.3 Å². The summed E-state index contributed by atoms with van der Waals surface area (Å²) in [4.78, 5) is 41.0. The van der Waals surface area contributed by atoms with Crippen molar-refractivity contribution in [2.24, 2.45) is 5.92 Å². The minimum atomic E-state index is -0.700. The van der Waals surface area contributed by atoms with E-state index in [4.69, 9.17) is 9.47 Å². The van der Waals surface area contributed by atoms with Crippen LogP contribution in [-0.2, 0) is 9.59 Å². The minimum absolute atomic E-state index is 0.00524. The molecule has 2 aromatic rings. The predicted octanol–water partition coefficient (Wildman–Crippen LogP) is 2.20. The molecular weight excluding hydrogens is 489 g/mol. The van der Waals surface area contributed by atoms with Crippen LogP contribution >= 0.6 is 11.8 Å². The van der Waals surface area contributed by atoms with Crippen LogP contribution in [0.3, 0.4) is 0 Å².